The molecular formula is C9H9Br2N3S3. The van der Waals surface area contributed by atoms with Gasteiger partial charge in [-0.05, 0) is 50.0 Å². The SMILES string of the molecule is CCCCc1nnc(Sc2nc(Br)c(Br)s2)s1. The average Bonchev–Trinajstić information content (AvgIpc) is 2.85. The summed E-state index contributed by atoms with van der Waals surface area (Å²) in [7, 11) is 0. The number of nitrogens with zero attached hydrogens (tertiary/aromatic N) is 3. The van der Waals surface area contributed by atoms with E-state index in [1.165, 1.54) is 12.8 Å². The number of hydrogen-bond acceptors (Lipinski definition) is 6. The predicted molar refractivity (Wildman–Crippen MR) is 80.2 cm³/mol. The molecule has 0 amide bonds. The van der Waals surface area contributed by atoms with Crippen molar-refractivity contribution in [2.45, 2.75) is 34.9 Å². The van der Waals surface area contributed by atoms with Crippen molar-refractivity contribution in [3.8, 4) is 0 Å². The van der Waals surface area contributed by atoms with Gasteiger partial charge in [-0.2, -0.15) is 0 Å². The van der Waals surface area contributed by atoms with Gasteiger partial charge >= 0.3 is 0 Å². The largest absolute Gasteiger partial charge is 0.221 e. The van der Waals surface area contributed by atoms with Crippen LogP contribution in [0, 0.1) is 0 Å². The zero-order chi connectivity index (χ0) is 12.3. The second kappa shape index (κ2) is 6.60. The molecule has 0 saturated carbocycles. The molecule has 2 heterocycles. The minimum absolute atomic E-state index is 0.848. The van der Waals surface area contributed by atoms with Crippen LogP contribution in [-0.4, -0.2) is 15.2 Å². The molecule has 0 radical (unpaired) electrons. The molecule has 2 rings (SSSR count). The maximum absolute atomic E-state index is 4.37. The topological polar surface area (TPSA) is 38.7 Å². The standard InChI is InChI=1S/C9H9Br2N3S3/c1-2-3-4-5-13-14-9(15-5)17-8-12-6(10)7(11)16-8/h2-4H2,1H3. The highest BCUT2D eigenvalue weighted by atomic mass is 79.9. The summed E-state index contributed by atoms with van der Waals surface area (Å²) in [5, 5.41) is 9.47. The first kappa shape index (κ1) is 13.9. The molecular weight excluding hydrogens is 406 g/mol. The summed E-state index contributed by atoms with van der Waals surface area (Å²) in [6.07, 6.45) is 3.39. The highest BCUT2D eigenvalue weighted by molar-refractivity contribution is 9.13. The molecule has 3 nitrogen and oxygen atoms in total. The van der Waals surface area contributed by atoms with Crippen molar-refractivity contribution in [2.24, 2.45) is 0 Å². The van der Waals surface area contributed by atoms with Crippen LogP contribution in [0.25, 0.3) is 0 Å². The number of aryl methyl sites for hydroxylation is 1. The maximum Gasteiger partial charge on any atom is 0.181 e. The van der Waals surface area contributed by atoms with E-state index in [1.807, 2.05) is 0 Å². The molecule has 0 unspecified atom stereocenters. The van der Waals surface area contributed by atoms with Gasteiger partial charge in [0.05, 0.1) is 0 Å². The number of aromatic nitrogens is 3. The molecule has 2 aromatic heterocycles. The smallest absolute Gasteiger partial charge is 0.181 e. The van der Waals surface area contributed by atoms with E-state index in [0.717, 1.165) is 28.5 Å². The third-order valence-electron chi connectivity index (χ3n) is 1.90. The Labute approximate surface area is 129 Å². The van der Waals surface area contributed by atoms with Gasteiger partial charge < -0.3 is 0 Å². The number of hydrogen-bond donors (Lipinski definition) is 0. The summed E-state index contributed by atoms with van der Waals surface area (Å²) in [4.78, 5) is 4.37. The number of thiazole rings is 1. The molecule has 92 valence electrons. The second-order valence-corrected chi connectivity index (χ2v) is 8.84. The monoisotopic (exact) mass is 413 g/mol. The molecule has 0 atom stereocenters. The van der Waals surface area contributed by atoms with Crippen molar-refractivity contribution in [2.75, 3.05) is 0 Å². The van der Waals surface area contributed by atoms with Gasteiger partial charge in [0, 0.05) is 6.42 Å². The van der Waals surface area contributed by atoms with Gasteiger partial charge in [0.15, 0.2) is 8.68 Å². The lowest BCUT2D eigenvalue weighted by Crippen LogP contribution is -1.81. The Morgan fingerprint density at radius 2 is 2.00 bits per heavy atom. The molecule has 0 saturated heterocycles. The van der Waals surface area contributed by atoms with Crippen LogP contribution in [0.4, 0.5) is 0 Å². The van der Waals surface area contributed by atoms with Gasteiger partial charge in [0.25, 0.3) is 0 Å². The van der Waals surface area contributed by atoms with Gasteiger partial charge in [-0.3, -0.25) is 0 Å². The molecule has 0 aromatic carbocycles. The van der Waals surface area contributed by atoms with Crippen molar-refractivity contribution < 1.29 is 0 Å². The lowest BCUT2D eigenvalue weighted by molar-refractivity contribution is 0.777. The number of halogens is 2. The van der Waals surface area contributed by atoms with Gasteiger partial charge in [0.2, 0.25) is 0 Å². The molecule has 0 aliphatic rings. The van der Waals surface area contributed by atoms with Crippen LogP contribution in [0.1, 0.15) is 24.8 Å². The number of unbranched alkanes of at least 4 members (excludes halogenated alkanes) is 1. The van der Waals surface area contributed by atoms with E-state index in [2.05, 4.69) is 54.0 Å². The van der Waals surface area contributed by atoms with Crippen LogP contribution in [-0.2, 0) is 6.42 Å². The van der Waals surface area contributed by atoms with E-state index in [0.29, 0.717) is 0 Å². The fourth-order valence-corrected chi connectivity index (χ4v) is 5.52. The fourth-order valence-electron chi connectivity index (χ4n) is 1.09. The maximum atomic E-state index is 4.37. The van der Waals surface area contributed by atoms with Gasteiger partial charge in [-0.15, -0.1) is 10.2 Å². The normalized spacial score (nSPS) is 11.0. The van der Waals surface area contributed by atoms with Crippen LogP contribution >= 0.6 is 66.3 Å². The van der Waals surface area contributed by atoms with Crippen LogP contribution in [0.5, 0.6) is 0 Å². The van der Waals surface area contributed by atoms with E-state index < -0.39 is 0 Å². The van der Waals surface area contributed by atoms with Crippen molar-refractivity contribution in [3.63, 3.8) is 0 Å². The Kier molecular flexibility index (Phi) is 5.41. The first-order valence-electron chi connectivity index (χ1n) is 5.01. The Balaban J connectivity index is 2.01. The Bertz CT molecular complexity index is 478. The Morgan fingerprint density at radius 1 is 1.18 bits per heavy atom. The van der Waals surface area contributed by atoms with Crippen molar-refractivity contribution in [1.82, 2.24) is 15.2 Å². The van der Waals surface area contributed by atoms with Crippen molar-refractivity contribution >= 4 is 66.3 Å². The predicted octanol–water partition coefficient (Wildman–Crippen LogP) is 5.01. The van der Waals surface area contributed by atoms with Gasteiger partial charge in [0.1, 0.15) is 13.4 Å². The molecule has 17 heavy (non-hydrogen) atoms. The third-order valence-corrected chi connectivity index (χ3v) is 7.06. The summed E-state index contributed by atoms with van der Waals surface area (Å²) >= 11 is 11.6. The second-order valence-electron chi connectivity index (χ2n) is 3.21. The fraction of sp³-hybridized carbons (Fsp3) is 0.444. The quantitative estimate of drug-likeness (QED) is 0.688. The van der Waals surface area contributed by atoms with Crippen LogP contribution < -0.4 is 0 Å². The van der Waals surface area contributed by atoms with E-state index in [1.54, 1.807) is 34.4 Å². The minimum atomic E-state index is 0.848. The molecule has 2 aromatic rings. The highest BCUT2D eigenvalue weighted by Crippen LogP contribution is 2.38. The van der Waals surface area contributed by atoms with Crippen LogP contribution in [0.15, 0.2) is 17.1 Å². The molecule has 0 spiro atoms. The van der Waals surface area contributed by atoms with E-state index in [4.69, 9.17) is 0 Å². The van der Waals surface area contributed by atoms with E-state index in [-0.39, 0.29) is 0 Å². The zero-order valence-corrected chi connectivity index (χ0v) is 14.6. The average molecular weight is 415 g/mol. The lowest BCUT2D eigenvalue weighted by atomic mass is 10.3. The minimum Gasteiger partial charge on any atom is -0.221 e. The molecule has 8 heteroatoms. The Morgan fingerprint density at radius 3 is 2.65 bits per heavy atom. The molecule has 0 aliphatic heterocycles. The molecule has 0 aliphatic carbocycles. The molecule has 0 fully saturated rings. The van der Waals surface area contributed by atoms with Crippen LogP contribution in [0.3, 0.4) is 0 Å². The lowest BCUT2D eigenvalue weighted by Gasteiger charge is -1.89. The van der Waals surface area contributed by atoms with E-state index >= 15 is 0 Å². The van der Waals surface area contributed by atoms with Crippen LogP contribution in [0.2, 0.25) is 0 Å². The summed E-state index contributed by atoms with van der Waals surface area (Å²) in [5.41, 5.74) is 0. The summed E-state index contributed by atoms with van der Waals surface area (Å²) in [6, 6.07) is 0. The first-order valence-corrected chi connectivity index (χ1v) is 9.04. The summed E-state index contributed by atoms with van der Waals surface area (Å²) in [6.45, 7) is 2.18. The summed E-state index contributed by atoms with van der Waals surface area (Å²) < 4.78 is 3.79. The van der Waals surface area contributed by atoms with Gasteiger partial charge in [-0.1, -0.05) is 36.0 Å². The molecule has 0 bridgehead atoms. The first-order chi connectivity index (χ1) is 8.19. The number of rotatable bonds is 5. The zero-order valence-electron chi connectivity index (χ0n) is 8.94. The van der Waals surface area contributed by atoms with Crippen molar-refractivity contribution in [3.05, 3.63) is 13.4 Å². The van der Waals surface area contributed by atoms with E-state index in [9.17, 15) is 0 Å². The van der Waals surface area contributed by atoms with Gasteiger partial charge in [-0.25, -0.2) is 4.98 Å². The summed E-state index contributed by atoms with van der Waals surface area (Å²) in [5.74, 6) is 0. The Hall–Kier alpha value is 0.500. The molecule has 0 N–H and O–H groups in total. The van der Waals surface area contributed by atoms with Crippen molar-refractivity contribution in [1.29, 1.82) is 0 Å². The third kappa shape index (κ3) is 3.99. The highest BCUT2D eigenvalue weighted by Gasteiger charge is 2.11.